The summed E-state index contributed by atoms with van der Waals surface area (Å²) in [7, 11) is 0. The van der Waals surface area contributed by atoms with Crippen molar-refractivity contribution < 1.29 is 9.59 Å². The first-order valence-corrected chi connectivity index (χ1v) is 8.19. The van der Waals surface area contributed by atoms with Crippen molar-refractivity contribution >= 4 is 27.7 Å². The molecular formula is C16H19BrN2O2. The van der Waals surface area contributed by atoms with Crippen LogP contribution >= 0.6 is 15.9 Å². The first-order chi connectivity index (χ1) is 10.0. The molecule has 112 valence electrons. The Morgan fingerprint density at radius 1 is 1.33 bits per heavy atom. The van der Waals surface area contributed by atoms with Gasteiger partial charge in [0, 0.05) is 11.0 Å². The molecule has 0 radical (unpaired) electrons. The lowest BCUT2D eigenvalue weighted by Crippen LogP contribution is -2.68. The highest BCUT2D eigenvalue weighted by molar-refractivity contribution is 9.10. The van der Waals surface area contributed by atoms with Crippen LogP contribution in [0.1, 0.15) is 38.2 Å². The van der Waals surface area contributed by atoms with Gasteiger partial charge in [-0.15, -0.1) is 0 Å². The lowest BCUT2D eigenvalue weighted by atomic mass is 9.89. The van der Waals surface area contributed by atoms with Gasteiger partial charge in [0.05, 0.1) is 0 Å². The number of carbonyl (C=O) groups excluding carboxylic acids is 2. The van der Waals surface area contributed by atoms with E-state index in [0.717, 1.165) is 35.7 Å². The summed E-state index contributed by atoms with van der Waals surface area (Å²) < 4.78 is 0.988. The molecule has 1 aliphatic heterocycles. The van der Waals surface area contributed by atoms with Crippen molar-refractivity contribution in [2.45, 2.75) is 50.7 Å². The van der Waals surface area contributed by atoms with Gasteiger partial charge in [-0.2, -0.15) is 0 Å². The van der Waals surface area contributed by atoms with Crippen molar-refractivity contribution in [3.8, 4) is 0 Å². The largest absolute Gasteiger partial charge is 0.343 e. The Bertz CT molecular complexity index is 581. The summed E-state index contributed by atoms with van der Waals surface area (Å²) in [6.07, 6.45) is 3.55. The van der Waals surface area contributed by atoms with E-state index >= 15 is 0 Å². The molecule has 0 bridgehead atoms. The molecule has 1 heterocycles. The zero-order chi connectivity index (χ0) is 15.0. The normalized spacial score (nSPS) is 24.5. The van der Waals surface area contributed by atoms with E-state index in [0.29, 0.717) is 6.54 Å². The first kappa shape index (κ1) is 14.6. The predicted molar refractivity (Wildman–Crippen MR) is 83.5 cm³/mol. The molecule has 1 saturated carbocycles. The molecule has 1 N–H and O–H groups in total. The third-order valence-electron chi connectivity index (χ3n) is 4.58. The highest BCUT2D eigenvalue weighted by Gasteiger charge is 2.52. The molecule has 1 aromatic rings. The van der Waals surface area contributed by atoms with Crippen LogP contribution in [0.15, 0.2) is 28.7 Å². The van der Waals surface area contributed by atoms with E-state index in [1.807, 2.05) is 29.2 Å². The van der Waals surface area contributed by atoms with Gasteiger partial charge in [0.15, 0.2) is 0 Å². The molecule has 2 aliphatic rings. The summed E-state index contributed by atoms with van der Waals surface area (Å²) in [4.78, 5) is 27.0. The molecule has 5 heteroatoms. The fraction of sp³-hybridized carbons (Fsp3) is 0.500. The molecule has 1 unspecified atom stereocenters. The molecule has 1 aliphatic carbocycles. The molecular weight excluding hydrogens is 332 g/mol. The highest BCUT2D eigenvalue weighted by Crippen LogP contribution is 2.39. The molecule has 3 rings (SSSR count). The quantitative estimate of drug-likeness (QED) is 0.891. The number of nitrogens with one attached hydrogen (secondary N) is 1. The van der Waals surface area contributed by atoms with Gasteiger partial charge in [-0.1, -0.05) is 40.9 Å². The minimum atomic E-state index is -0.633. The van der Waals surface area contributed by atoms with Gasteiger partial charge in [0.2, 0.25) is 11.8 Å². The van der Waals surface area contributed by atoms with E-state index in [2.05, 4.69) is 21.2 Å². The minimum absolute atomic E-state index is 0.0158. The summed E-state index contributed by atoms with van der Waals surface area (Å²) in [5.74, 6) is 0.0403. The van der Waals surface area contributed by atoms with E-state index in [1.165, 1.54) is 0 Å². The molecule has 4 nitrogen and oxygen atoms in total. The number of carbonyl (C=O) groups is 2. The van der Waals surface area contributed by atoms with E-state index in [9.17, 15) is 9.59 Å². The Morgan fingerprint density at radius 2 is 2.05 bits per heavy atom. The number of hydrogen-bond acceptors (Lipinski definition) is 2. The van der Waals surface area contributed by atoms with Crippen LogP contribution in [0.2, 0.25) is 0 Å². The van der Waals surface area contributed by atoms with Crippen molar-refractivity contribution in [3.63, 3.8) is 0 Å². The van der Waals surface area contributed by atoms with Crippen LogP contribution in [0.4, 0.5) is 0 Å². The molecule has 1 atom stereocenters. The van der Waals surface area contributed by atoms with Crippen LogP contribution in [0.5, 0.6) is 0 Å². The van der Waals surface area contributed by atoms with Gasteiger partial charge in [-0.3, -0.25) is 9.59 Å². The number of benzene rings is 1. The van der Waals surface area contributed by atoms with Crippen molar-refractivity contribution in [3.05, 3.63) is 34.3 Å². The van der Waals surface area contributed by atoms with E-state index in [-0.39, 0.29) is 11.8 Å². The number of nitrogens with zero attached hydrogens (tertiary/aromatic N) is 1. The van der Waals surface area contributed by atoms with Crippen molar-refractivity contribution in [2.75, 3.05) is 0 Å². The van der Waals surface area contributed by atoms with Gasteiger partial charge in [-0.25, -0.2) is 0 Å². The van der Waals surface area contributed by atoms with Crippen LogP contribution in [-0.2, 0) is 16.1 Å². The molecule has 1 saturated heterocycles. The number of piperazine rings is 1. The van der Waals surface area contributed by atoms with Crippen LogP contribution in [0.25, 0.3) is 0 Å². The van der Waals surface area contributed by atoms with Gasteiger partial charge < -0.3 is 10.2 Å². The monoisotopic (exact) mass is 350 g/mol. The lowest BCUT2D eigenvalue weighted by Gasteiger charge is -2.45. The molecule has 0 aromatic heterocycles. The summed E-state index contributed by atoms with van der Waals surface area (Å²) in [5, 5.41) is 2.85. The summed E-state index contributed by atoms with van der Waals surface area (Å²) in [6, 6.07) is 7.49. The zero-order valence-electron chi connectivity index (χ0n) is 12.1. The number of amides is 2. The topological polar surface area (TPSA) is 49.4 Å². The average Bonchev–Trinajstić information content (AvgIpc) is 2.93. The maximum atomic E-state index is 12.6. The fourth-order valence-corrected chi connectivity index (χ4v) is 3.91. The number of halogens is 1. The second-order valence-electron chi connectivity index (χ2n) is 5.99. The minimum Gasteiger partial charge on any atom is -0.343 e. The van der Waals surface area contributed by atoms with Gasteiger partial charge >= 0.3 is 0 Å². The van der Waals surface area contributed by atoms with Crippen LogP contribution in [-0.4, -0.2) is 28.3 Å². The second-order valence-corrected chi connectivity index (χ2v) is 6.90. The van der Waals surface area contributed by atoms with Crippen LogP contribution in [0.3, 0.4) is 0 Å². The zero-order valence-corrected chi connectivity index (χ0v) is 13.6. The molecule has 1 spiro atoms. The van der Waals surface area contributed by atoms with Gasteiger partial charge in [0.25, 0.3) is 0 Å². The van der Waals surface area contributed by atoms with Crippen molar-refractivity contribution in [1.29, 1.82) is 0 Å². The highest BCUT2D eigenvalue weighted by atomic mass is 79.9. The van der Waals surface area contributed by atoms with Crippen molar-refractivity contribution in [1.82, 2.24) is 10.2 Å². The number of hydrogen-bond donors (Lipinski definition) is 1. The van der Waals surface area contributed by atoms with Crippen molar-refractivity contribution in [2.24, 2.45) is 0 Å². The molecule has 2 fully saturated rings. The van der Waals surface area contributed by atoms with Gasteiger partial charge in [0.1, 0.15) is 11.6 Å². The smallest absolute Gasteiger partial charge is 0.246 e. The van der Waals surface area contributed by atoms with Crippen LogP contribution < -0.4 is 5.32 Å². The third-order valence-corrected chi connectivity index (χ3v) is 5.08. The Kier molecular flexibility index (Phi) is 3.78. The van der Waals surface area contributed by atoms with E-state index < -0.39 is 11.6 Å². The maximum Gasteiger partial charge on any atom is 0.246 e. The lowest BCUT2D eigenvalue weighted by molar-refractivity contribution is -0.157. The SMILES string of the molecule is CC1NC(=O)C2(CCCC2)N(Cc2cccc(Br)c2)C1=O. The molecule has 1 aromatic carbocycles. The Morgan fingerprint density at radius 3 is 2.71 bits per heavy atom. The van der Waals surface area contributed by atoms with Gasteiger partial charge in [-0.05, 0) is 37.5 Å². The Labute approximate surface area is 133 Å². The van der Waals surface area contributed by atoms with E-state index in [1.54, 1.807) is 6.92 Å². The second kappa shape index (κ2) is 5.44. The Balaban J connectivity index is 1.94. The summed E-state index contributed by atoms with van der Waals surface area (Å²) in [5.41, 5.74) is 0.414. The molecule has 2 amide bonds. The fourth-order valence-electron chi connectivity index (χ4n) is 3.46. The van der Waals surface area contributed by atoms with Crippen LogP contribution in [0, 0.1) is 0 Å². The summed E-state index contributed by atoms with van der Waals surface area (Å²) in [6.45, 7) is 2.26. The average molecular weight is 351 g/mol. The third kappa shape index (κ3) is 2.48. The first-order valence-electron chi connectivity index (χ1n) is 7.40. The summed E-state index contributed by atoms with van der Waals surface area (Å²) >= 11 is 3.46. The predicted octanol–water partition coefficient (Wildman–Crippen LogP) is 2.61. The Hall–Kier alpha value is -1.36. The maximum absolute atomic E-state index is 12.6. The number of rotatable bonds is 2. The standard InChI is InChI=1S/C16H19BrN2O2/c1-11-14(20)19(10-12-5-4-6-13(17)9-12)16(15(21)18-11)7-2-3-8-16/h4-6,9,11H,2-3,7-8,10H2,1H3,(H,18,21). The molecule has 21 heavy (non-hydrogen) atoms. The van der Waals surface area contributed by atoms with E-state index in [4.69, 9.17) is 0 Å².